The van der Waals surface area contributed by atoms with Gasteiger partial charge in [0.05, 0.1) is 0 Å². The summed E-state index contributed by atoms with van der Waals surface area (Å²) in [5, 5.41) is 1.11. The molecule has 1 aromatic rings. The number of rotatable bonds is 2. The topological polar surface area (TPSA) is 12.9 Å². The van der Waals surface area contributed by atoms with Crippen LogP contribution >= 0.6 is 31.9 Å². The molecule has 1 aliphatic rings. The Morgan fingerprint density at radius 3 is 2.83 bits per heavy atom. The van der Waals surface area contributed by atoms with E-state index >= 15 is 0 Å². The minimum atomic E-state index is 0.706. The van der Waals surface area contributed by atoms with Crippen molar-refractivity contribution in [3.05, 3.63) is 28.5 Å². The molecular weight excluding hydrogens is 282 g/mol. The number of halogens is 2. The predicted octanol–water partition coefficient (Wildman–Crippen LogP) is 3.34. The van der Waals surface area contributed by atoms with Crippen LogP contribution in [-0.4, -0.2) is 10.3 Å². The highest BCUT2D eigenvalue weighted by Crippen LogP contribution is 2.47. The first-order chi connectivity index (χ1) is 5.81. The smallest absolute Gasteiger partial charge is 0.0438 e. The molecule has 1 aromatic heterocycles. The maximum Gasteiger partial charge on any atom is 0.0438 e. The lowest BCUT2D eigenvalue weighted by Crippen LogP contribution is -1.88. The fraction of sp³-hybridized carbons (Fsp3) is 0.444. The van der Waals surface area contributed by atoms with Crippen molar-refractivity contribution < 1.29 is 0 Å². The van der Waals surface area contributed by atoms with E-state index in [0.717, 1.165) is 15.7 Å². The Hall–Kier alpha value is 0.110. The molecule has 1 aliphatic carbocycles. The van der Waals surface area contributed by atoms with E-state index in [2.05, 4.69) is 49.0 Å². The summed E-state index contributed by atoms with van der Waals surface area (Å²) in [5.41, 5.74) is 1.24. The second-order valence-corrected chi connectivity index (χ2v) is 4.72. The van der Waals surface area contributed by atoms with Crippen LogP contribution < -0.4 is 0 Å². The van der Waals surface area contributed by atoms with E-state index < -0.39 is 0 Å². The Morgan fingerprint density at radius 2 is 2.33 bits per heavy atom. The maximum absolute atomic E-state index is 4.37. The normalized spacial score (nSPS) is 27.2. The summed E-state index contributed by atoms with van der Waals surface area (Å²) in [6.07, 6.45) is 3.17. The third-order valence-corrected chi connectivity index (χ3v) is 3.55. The van der Waals surface area contributed by atoms with Gasteiger partial charge in [-0.3, -0.25) is 4.98 Å². The van der Waals surface area contributed by atoms with Gasteiger partial charge in [-0.15, -0.1) is 0 Å². The molecule has 2 rings (SSSR count). The van der Waals surface area contributed by atoms with Crippen LogP contribution in [-0.2, 0) is 0 Å². The minimum Gasteiger partial charge on any atom is -0.260 e. The van der Waals surface area contributed by atoms with Gasteiger partial charge < -0.3 is 0 Å². The Labute approximate surface area is 88.8 Å². The fourth-order valence-electron chi connectivity index (χ4n) is 1.39. The number of nitrogens with zero attached hydrogens (tertiary/aromatic N) is 1. The van der Waals surface area contributed by atoms with Crippen molar-refractivity contribution in [3.63, 3.8) is 0 Å². The minimum absolute atomic E-state index is 0.706. The lowest BCUT2D eigenvalue weighted by molar-refractivity contribution is 0.901. The van der Waals surface area contributed by atoms with Crippen molar-refractivity contribution in [2.75, 3.05) is 5.33 Å². The Bertz CT molecular complexity index is 270. The van der Waals surface area contributed by atoms with Crippen molar-refractivity contribution >= 4 is 31.9 Å². The third kappa shape index (κ3) is 1.72. The van der Waals surface area contributed by atoms with Gasteiger partial charge in [0.15, 0.2) is 0 Å². The Morgan fingerprint density at radius 1 is 1.50 bits per heavy atom. The molecule has 0 radical (unpaired) electrons. The number of pyridine rings is 1. The summed E-state index contributed by atoms with van der Waals surface area (Å²) in [7, 11) is 0. The summed E-state index contributed by atoms with van der Waals surface area (Å²) in [5.74, 6) is 1.52. The molecule has 2 unspecified atom stereocenters. The van der Waals surface area contributed by atoms with Crippen LogP contribution in [0.3, 0.4) is 0 Å². The molecule has 64 valence electrons. The summed E-state index contributed by atoms with van der Waals surface area (Å²) in [6, 6.07) is 4.17. The van der Waals surface area contributed by atoms with Crippen molar-refractivity contribution in [1.29, 1.82) is 0 Å². The fourth-order valence-corrected chi connectivity index (χ4v) is 2.34. The highest BCUT2D eigenvalue weighted by Gasteiger charge is 2.37. The van der Waals surface area contributed by atoms with Gasteiger partial charge in [0.1, 0.15) is 0 Å². The third-order valence-electron chi connectivity index (χ3n) is 2.25. The van der Waals surface area contributed by atoms with Gasteiger partial charge in [0, 0.05) is 27.6 Å². The van der Waals surface area contributed by atoms with Gasteiger partial charge in [0.25, 0.3) is 0 Å². The van der Waals surface area contributed by atoms with E-state index in [0.29, 0.717) is 5.92 Å². The van der Waals surface area contributed by atoms with Crippen LogP contribution in [0.5, 0.6) is 0 Å². The lowest BCUT2D eigenvalue weighted by Gasteiger charge is -1.96. The van der Waals surface area contributed by atoms with Crippen LogP contribution in [0.1, 0.15) is 18.0 Å². The van der Waals surface area contributed by atoms with Crippen molar-refractivity contribution in [2.45, 2.75) is 12.3 Å². The van der Waals surface area contributed by atoms with Gasteiger partial charge >= 0.3 is 0 Å². The second kappa shape index (κ2) is 3.46. The molecule has 0 aromatic carbocycles. The molecule has 12 heavy (non-hydrogen) atoms. The summed E-state index contributed by atoms with van der Waals surface area (Å²) in [4.78, 5) is 4.37. The summed E-state index contributed by atoms with van der Waals surface area (Å²) in [6.45, 7) is 0. The first-order valence-electron chi connectivity index (χ1n) is 3.98. The van der Waals surface area contributed by atoms with Crippen LogP contribution in [0.2, 0.25) is 0 Å². The van der Waals surface area contributed by atoms with E-state index in [1.807, 2.05) is 6.20 Å². The molecule has 1 fully saturated rings. The molecule has 0 bridgehead atoms. The van der Waals surface area contributed by atoms with Gasteiger partial charge in [-0.05, 0) is 40.4 Å². The van der Waals surface area contributed by atoms with E-state index in [-0.39, 0.29) is 0 Å². The Balaban J connectivity index is 2.10. The monoisotopic (exact) mass is 289 g/mol. The zero-order chi connectivity index (χ0) is 8.55. The number of aromatic nitrogens is 1. The number of hydrogen-bond donors (Lipinski definition) is 0. The SMILES string of the molecule is BrCC1CC1c1ccc(Br)cn1. The number of hydrogen-bond acceptors (Lipinski definition) is 1. The highest BCUT2D eigenvalue weighted by molar-refractivity contribution is 9.10. The van der Waals surface area contributed by atoms with Crippen LogP contribution in [0.15, 0.2) is 22.8 Å². The molecular formula is C9H9Br2N. The molecule has 0 saturated heterocycles. The lowest BCUT2D eigenvalue weighted by atomic mass is 10.2. The van der Waals surface area contributed by atoms with E-state index in [9.17, 15) is 0 Å². The quantitative estimate of drug-likeness (QED) is 0.761. The number of alkyl halides is 1. The van der Waals surface area contributed by atoms with Gasteiger partial charge in [-0.1, -0.05) is 15.9 Å². The molecule has 3 heteroatoms. The molecule has 1 heterocycles. The molecule has 0 spiro atoms. The Kier molecular flexibility index (Phi) is 2.51. The zero-order valence-electron chi connectivity index (χ0n) is 6.50. The maximum atomic E-state index is 4.37. The predicted molar refractivity (Wildman–Crippen MR) is 56.6 cm³/mol. The van der Waals surface area contributed by atoms with E-state index in [4.69, 9.17) is 0 Å². The van der Waals surface area contributed by atoms with Gasteiger partial charge in [-0.2, -0.15) is 0 Å². The van der Waals surface area contributed by atoms with Crippen molar-refractivity contribution in [1.82, 2.24) is 4.98 Å². The van der Waals surface area contributed by atoms with Gasteiger partial charge in [-0.25, -0.2) is 0 Å². The average molecular weight is 291 g/mol. The molecule has 1 saturated carbocycles. The van der Waals surface area contributed by atoms with E-state index in [1.54, 1.807) is 0 Å². The molecule has 0 N–H and O–H groups in total. The first kappa shape index (κ1) is 8.70. The molecule has 2 atom stereocenters. The van der Waals surface area contributed by atoms with E-state index in [1.165, 1.54) is 12.1 Å². The average Bonchev–Trinajstić information content (AvgIpc) is 2.85. The standard InChI is InChI=1S/C9H9Br2N/c10-4-6-3-8(6)9-2-1-7(11)5-12-9/h1-2,5-6,8H,3-4H2. The van der Waals surface area contributed by atoms with Crippen LogP contribution in [0.25, 0.3) is 0 Å². The van der Waals surface area contributed by atoms with Crippen LogP contribution in [0.4, 0.5) is 0 Å². The second-order valence-electron chi connectivity index (χ2n) is 3.16. The first-order valence-corrected chi connectivity index (χ1v) is 5.90. The van der Waals surface area contributed by atoms with Crippen molar-refractivity contribution in [2.24, 2.45) is 5.92 Å². The highest BCUT2D eigenvalue weighted by atomic mass is 79.9. The summed E-state index contributed by atoms with van der Waals surface area (Å²) < 4.78 is 1.06. The molecule has 0 amide bonds. The largest absolute Gasteiger partial charge is 0.260 e. The van der Waals surface area contributed by atoms with Crippen molar-refractivity contribution in [3.8, 4) is 0 Å². The zero-order valence-corrected chi connectivity index (χ0v) is 9.68. The summed E-state index contributed by atoms with van der Waals surface area (Å²) >= 11 is 6.87. The molecule has 0 aliphatic heterocycles. The molecule has 1 nitrogen and oxygen atoms in total. The van der Waals surface area contributed by atoms with Crippen LogP contribution in [0, 0.1) is 5.92 Å². The van der Waals surface area contributed by atoms with Gasteiger partial charge in [0.2, 0.25) is 0 Å².